The van der Waals surface area contributed by atoms with Gasteiger partial charge in [0.1, 0.15) is 0 Å². The molecule has 7 nitrogen and oxygen atoms in total. The zero-order valence-corrected chi connectivity index (χ0v) is 19.7. The molecule has 0 atom stereocenters. The molecule has 0 unspecified atom stereocenters. The lowest BCUT2D eigenvalue weighted by Crippen LogP contribution is -2.40. The fourth-order valence-electron chi connectivity index (χ4n) is 4.52. The number of unbranched alkanes of at least 4 members (excludes halogenated alkanes) is 4. The number of aliphatic imine (C=N–C) groups is 1. The lowest BCUT2D eigenvalue weighted by atomic mass is 9.86. The van der Waals surface area contributed by atoms with Crippen LogP contribution in [0.2, 0.25) is 0 Å². The smallest absolute Gasteiger partial charge is 0.222 e. The highest BCUT2D eigenvalue weighted by Crippen LogP contribution is 2.39. The van der Waals surface area contributed by atoms with Crippen LogP contribution >= 0.6 is 0 Å². The van der Waals surface area contributed by atoms with E-state index in [0.29, 0.717) is 12.4 Å². The monoisotopic (exact) mass is 441 g/mol. The van der Waals surface area contributed by atoms with E-state index in [0.717, 1.165) is 70.3 Å². The largest absolute Gasteiger partial charge is 0.384 e. The van der Waals surface area contributed by atoms with E-state index in [4.69, 9.17) is 10.00 Å². The summed E-state index contributed by atoms with van der Waals surface area (Å²) in [5.41, 5.74) is 1.06. The van der Waals surface area contributed by atoms with Crippen LogP contribution in [0.1, 0.15) is 64.2 Å². The van der Waals surface area contributed by atoms with E-state index in [9.17, 15) is 4.79 Å². The van der Waals surface area contributed by atoms with Gasteiger partial charge in [-0.15, -0.1) is 4.99 Å². The summed E-state index contributed by atoms with van der Waals surface area (Å²) in [6.07, 6.45) is 12.4. The molecule has 0 aliphatic heterocycles. The molecule has 2 rings (SSSR count). The Morgan fingerprint density at radius 1 is 1.16 bits per heavy atom. The van der Waals surface area contributed by atoms with Crippen molar-refractivity contribution in [3.05, 3.63) is 30.3 Å². The van der Waals surface area contributed by atoms with Gasteiger partial charge in [0.05, 0.1) is 6.61 Å². The molecule has 1 amide bonds. The van der Waals surface area contributed by atoms with E-state index in [1.807, 2.05) is 48.5 Å². The van der Waals surface area contributed by atoms with Gasteiger partial charge >= 0.3 is 0 Å². The minimum absolute atomic E-state index is 0.162. The standard InChI is InChI=1S/C25H39N5O2/c1-30(19-25(20-32-2)16-10-11-17-25)23(31)15-9-4-3-5-12-18-27-24(28-21-26)29-22-13-7-6-8-14-22/h6-8,13-14H,3-5,9-12,15-20H2,1-2H3,(H2,27,28,29). The predicted molar refractivity (Wildman–Crippen MR) is 129 cm³/mol. The van der Waals surface area contributed by atoms with E-state index in [1.54, 1.807) is 7.11 Å². The minimum Gasteiger partial charge on any atom is -0.384 e. The first-order valence-corrected chi connectivity index (χ1v) is 11.8. The van der Waals surface area contributed by atoms with Crippen LogP contribution in [-0.4, -0.2) is 50.6 Å². The van der Waals surface area contributed by atoms with E-state index in [2.05, 4.69) is 15.6 Å². The molecular weight excluding hydrogens is 402 g/mol. The van der Waals surface area contributed by atoms with Crippen LogP contribution in [0.25, 0.3) is 0 Å². The van der Waals surface area contributed by atoms with E-state index < -0.39 is 0 Å². The number of anilines is 1. The lowest BCUT2D eigenvalue weighted by Gasteiger charge is -2.33. The summed E-state index contributed by atoms with van der Waals surface area (Å²) in [6, 6.07) is 9.66. The maximum atomic E-state index is 12.5. The van der Waals surface area contributed by atoms with Crippen LogP contribution in [-0.2, 0) is 9.53 Å². The molecular formula is C25H39N5O2. The molecule has 1 saturated carbocycles. The van der Waals surface area contributed by atoms with Gasteiger partial charge in [-0.1, -0.05) is 50.3 Å². The number of ether oxygens (including phenoxy) is 1. The van der Waals surface area contributed by atoms with Crippen molar-refractivity contribution in [2.24, 2.45) is 10.4 Å². The number of nitrogens with zero attached hydrogens (tertiary/aromatic N) is 3. The molecule has 2 N–H and O–H groups in total. The molecule has 0 radical (unpaired) electrons. The molecule has 0 aromatic heterocycles. The predicted octanol–water partition coefficient (Wildman–Crippen LogP) is 4.53. The molecule has 0 bridgehead atoms. The number of nitrogens with one attached hydrogen (secondary N) is 2. The van der Waals surface area contributed by atoms with E-state index in [-0.39, 0.29) is 11.3 Å². The number of methoxy groups -OCH3 is 1. The van der Waals surface area contributed by atoms with Crippen molar-refractivity contribution < 1.29 is 9.53 Å². The molecule has 1 fully saturated rings. The second-order valence-corrected chi connectivity index (χ2v) is 8.89. The van der Waals surface area contributed by atoms with Crippen LogP contribution in [0.3, 0.4) is 0 Å². The van der Waals surface area contributed by atoms with Gasteiger partial charge in [0, 0.05) is 44.8 Å². The normalized spacial score (nSPS) is 15.2. The minimum atomic E-state index is 0.162. The van der Waals surface area contributed by atoms with Gasteiger partial charge in [-0.05, 0) is 37.8 Å². The third-order valence-corrected chi connectivity index (χ3v) is 6.17. The van der Waals surface area contributed by atoms with E-state index >= 15 is 0 Å². The molecule has 1 aliphatic rings. The maximum Gasteiger partial charge on any atom is 0.222 e. The SMILES string of the molecule is COCC1(CN(C)C(=O)CCCCCCCN/C(=N\C#N)Nc2ccccc2)CCCC1. The molecule has 1 aromatic carbocycles. The number of hydrogen-bond donors (Lipinski definition) is 2. The van der Waals surface area contributed by atoms with Crippen LogP contribution in [0.15, 0.2) is 35.3 Å². The Hall–Kier alpha value is -2.59. The van der Waals surface area contributed by atoms with Gasteiger partial charge < -0.3 is 20.3 Å². The summed E-state index contributed by atoms with van der Waals surface area (Å²) in [6.45, 7) is 2.32. The summed E-state index contributed by atoms with van der Waals surface area (Å²) >= 11 is 0. The first kappa shape index (κ1) is 25.7. The van der Waals surface area contributed by atoms with Crippen molar-refractivity contribution in [3.8, 4) is 6.19 Å². The quantitative estimate of drug-likeness (QED) is 0.203. The van der Waals surface area contributed by atoms with Gasteiger partial charge in [-0.2, -0.15) is 5.26 Å². The van der Waals surface area contributed by atoms with Crippen molar-refractivity contribution >= 4 is 17.6 Å². The van der Waals surface area contributed by atoms with Gasteiger partial charge in [-0.3, -0.25) is 4.79 Å². The third kappa shape index (κ3) is 9.27. The number of carbonyl (C=O) groups excluding carboxylic acids is 1. The summed E-state index contributed by atoms with van der Waals surface area (Å²) < 4.78 is 5.44. The molecule has 0 spiro atoms. The highest BCUT2D eigenvalue weighted by molar-refractivity contribution is 5.94. The number of guanidine groups is 1. The maximum absolute atomic E-state index is 12.5. The second-order valence-electron chi connectivity index (χ2n) is 8.89. The van der Waals surface area contributed by atoms with Gasteiger partial charge in [0.2, 0.25) is 18.1 Å². The second kappa shape index (κ2) is 14.5. The fourth-order valence-corrected chi connectivity index (χ4v) is 4.52. The lowest BCUT2D eigenvalue weighted by molar-refractivity contribution is -0.132. The average molecular weight is 442 g/mol. The number of para-hydroxylation sites is 1. The van der Waals surface area contributed by atoms with Crippen molar-refractivity contribution in [1.82, 2.24) is 10.2 Å². The Kier molecular flexibility index (Phi) is 11.6. The number of amides is 1. The zero-order valence-electron chi connectivity index (χ0n) is 19.7. The van der Waals surface area contributed by atoms with E-state index in [1.165, 1.54) is 12.8 Å². The molecule has 0 saturated heterocycles. The van der Waals surface area contributed by atoms with Crippen LogP contribution in [0.4, 0.5) is 5.69 Å². The molecule has 0 heterocycles. The Labute approximate surface area is 193 Å². The molecule has 7 heteroatoms. The molecule has 1 aliphatic carbocycles. The third-order valence-electron chi connectivity index (χ3n) is 6.17. The molecule has 1 aromatic rings. The molecule has 176 valence electrons. The van der Waals surface area contributed by atoms with Crippen LogP contribution in [0.5, 0.6) is 0 Å². The number of rotatable bonds is 13. The van der Waals surface area contributed by atoms with Crippen molar-refractivity contribution in [1.29, 1.82) is 5.26 Å². The Balaban J connectivity index is 1.55. The number of hydrogen-bond acceptors (Lipinski definition) is 4. The summed E-state index contributed by atoms with van der Waals surface area (Å²) in [7, 11) is 3.70. The van der Waals surface area contributed by atoms with Gasteiger partial charge in [-0.25, -0.2) is 0 Å². The average Bonchev–Trinajstić information content (AvgIpc) is 3.24. The van der Waals surface area contributed by atoms with Crippen LogP contribution in [0, 0.1) is 16.9 Å². The highest BCUT2D eigenvalue weighted by atomic mass is 16.5. The Bertz CT molecular complexity index is 738. The Morgan fingerprint density at radius 2 is 1.84 bits per heavy atom. The van der Waals surface area contributed by atoms with Gasteiger partial charge in [0.25, 0.3) is 0 Å². The first-order valence-electron chi connectivity index (χ1n) is 11.8. The number of carbonyl (C=O) groups is 1. The first-order chi connectivity index (χ1) is 15.6. The number of benzene rings is 1. The topological polar surface area (TPSA) is 89.8 Å². The molecule has 32 heavy (non-hydrogen) atoms. The fraction of sp³-hybridized carbons (Fsp3) is 0.640. The summed E-state index contributed by atoms with van der Waals surface area (Å²) in [5, 5.41) is 15.2. The number of nitriles is 1. The Morgan fingerprint density at radius 3 is 2.53 bits per heavy atom. The van der Waals surface area contributed by atoms with Crippen molar-refractivity contribution in [2.75, 3.05) is 39.2 Å². The zero-order chi connectivity index (χ0) is 23.1. The van der Waals surface area contributed by atoms with Crippen molar-refractivity contribution in [3.63, 3.8) is 0 Å². The van der Waals surface area contributed by atoms with Crippen LogP contribution < -0.4 is 10.6 Å². The highest BCUT2D eigenvalue weighted by Gasteiger charge is 2.35. The summed E-state index contributed by atoms with van der Waals surface area (Å²) in [4.78, 5) is 18.3. The summed E-state index contributed by atoms with van der Waals surface area (Å²) in [5.74, 6) is 0.722. The van der Waals surface area contributed by atoms with Crippen molar-refractivity contribution in [2.45, 2.75) is 64.2 Å². The van der Waals surface area contributed by atoms with Gasteiger partial charge in [0.15, 0.2) is 0 Å².